The lowest BCUT2D eigenvalue weighted by Gasteiger charge is -2.17. The highest BCUT2D eigenvalue weighted by molar-refractivity contribution is 7.99. The Labute approximate surface area is 172 Å². The van der Waals surface area contributed by atoms with E-state index in [-0.39, 0.29) is 29.7 Å². The molecule has 2 amide bonds. The Morgan fingerprint density at radius 1 is 1.43 bits per heavy atom. The average molecular weight is 423 g/mol. The van der Waals surface area contributed by atoms with Crippen molar-refractivity contribution in [1.29, 1.82) is 0 Å². The molecule has 2 heterocycles. The molecular weight excluding hydrogens is 396 g/mol. The third-order valence-corrected chi connectivity index (χ3v) is 6.86. The predicted molar refractivity (Wildman–Crippen MR) is 113 cm³/mol. The number of likely N-dealkylation sites (N-methyl/N-ethyl adjacent to an activating group) is 1. The van der Waals surface area contributed by atoms with Gasteiger partial charge in [0.25, 0.3) is 5.56 Å². The van der Waals surface area contributed by atoms with E-state index in [4.69, 9.17) is 0 Å². The zero-order valence-electron chi connectivity index (χ0n) is 16.5. The summed E-state index contributed by atoms with van der Waals surface area (Å²) in [5, 5.41) is 3.91. The summed E-state index contributed by atoms with van der Waals surface area (Å²) in [6.45, 7) is 4.83. The van der Waals surface area contributed by atoms with Gasteiger partial charge in [-0.2, -0.15) is 0 Å². The first kappa shape index (κ1) is 20.9. The van der Waals surface area contributed by atoms with Gasteiger partial charge in [0.2, 0.25) is 11.8 Å². The molecule has 152 valence electrons. The molecule has 1 atom stereocenters. The van der Waals surface area contributed by atoms with Crippen molar-refractivity contribution in [2.45, 2.75) is 44.7 Å². The van der Waals surface area contributed by atoms with E-state index in [2.05, 4.69) is 22.2 Å². The second-order valence-corrected chi connectivity index (χ2v) is 9.34. The minimum Gasteiger partial charge on any atom is -0.355 e. The number of aryl methyl sites for hydroxylation is 1. The van der Waals surface area contributed by atoms with E-state index in [0.717, 1.165) is 36.1 Å². The highest BCUT2D eigenvalue weighted by Gasteiger charge is 2.23. The first-order valence-electron chi connectivity index (χ1n) is 9.57. The van der Waals surface area contributed by atoms with Gasteiger partial charge in [-0.3, -0.25) is 14.4 Å². The monoisotopic (exact) mass is 422 g/mol. The van der Waals surface area contributed by atoms with Gasteiger partial charge in [0, 0.05) is 18.5 Å². The molecule has 0 radical (unpaired) electrons. The lowest BCUT2D eigenvalue weighted by atomic mass is 9.89. The van der Waals surface area contributed by atoms with Crippen molar-refractivity contribution < 1.29 is 9.59 Å². The molecule has 2 N–H and O–H groups in total. The minimum atomic E-state index is -0.182. The van der Waals surface area contributed by atoms with Gasteiger partial charge < -0.3 is 15.2 Å². The summed E-state index contributed by atoms with van der Waals surface area (Å²) in [4.78, 5) is 47.4. The number of nitrogens with zero attached hydrogens (tertiary/aromatic N) is 2. The maximum Gasteiger partial charge on any atom is 0.260 e. The van der Waals surface area contributed by atoms with Crippen LogP contribution in [0, 0.1) is 5.92 Å². The molecule has 1 aliphatic rings. The fraction of sp³-hybridized carbons (Fsp3) is 0.579. The van der Waals surface area contributed by atoms with E-state index in [1.807, 2.05) is 6.92 Å². The van der Waals surface area contributed by atoms with Crippen LogP contribution in [0.5, 0.6) is 0 Å². The first-order chi connectivity index (χ1) is 13.4. The van der Waals surface area contributed by atoms with Crippen LogP contribution in [0.3, 0.4) is 0 Å². The number of amides is 2. The van der Waals surface area contributed by atoms with Crippen LogP contribution in [0.2, 0.25) is 0 Å². The van der Waals surface area contributed by atoms with Crippen molar-refractivity contribution in [1.82, 2.24) is 20.2 Å². The van der Waals surface area contributed by atoms with Gasteiger partial charge in [-0.15, -0.1) is 11.3 Å². The molecule has 0 saturated heterocycles. The van der Waals surface area contributed by atoms with Crippen molar-refractivity contribution in [3.05, 3.63) is 20.8 Å². The van der Waals surface area contributed by atoms with E-state index in [1.54, 1.807) is 18.4 Å². The SMILES string of the molecule is CCCNC(=O)CN(C)C(=O)CSc1nc2sc3c(c2c(=O)[nH]1)CC[C@@H](C)C3. The third kappa shape index (κ3) is 4.75. The highest BCUT2D eigenvalue weighted by atomic mass is 32.2. The minimum absolute atomic E-state index is 0.0260. The number of nitrogens with one attached hydrogen (secondary N) is 2. The maximum absolute atomic E-state index is 12.6. The number of aromatic amines is 1. The summed E-state index contributed by atoms with van der Waals surface area (Å²) in [7, 11) is 1.60. The molecule has 0 unspecified atom stereocenters. The quantitative estimate of drug-likeness (QED) is 0.527. The molecule has 0 saturated carbocycles. The summed E-state index contributed by atoms with van der Waals surface area (Å²) < 4.78 is 0. The second kappa shape index (κ2) is 9.09. The van der Waals surface area contributed by atoms with E-state index < -0.39 is 0 Å². The molecule has 0 bridgehead atoms. The molecule has 9 heteroatoms. The summed E-state index contributed by atoms with van der Waals surface area (Å²) in [6.07, 6.45) is 3.88. The van der Waals surface area contributed by atoms with Crippen LogP contribution in [0.4, 0.5) is 0 Å². The summed E-state index contributed by atoms with van der Waals surface area (Å²) in [5.74, 6) is 0.401. The van der Waals surface area contributed by atoms with Gasteiger partial charge in [0.15, 0.2) is 5.16 Å². The smallest absolute Gasteiger partial charge is 0.260 e. The van der Waals surface area contributed by atoms with E-state index in [1.165, 1.54) is 21.5 Å². The molecule has 28 heavy (non-hydrogen) atoms. The molecule has 0 aliphatic heterocycles. The van der Waals surface area contributed by atoms with Gasteiger partial charge in [0.1, 0.15) is 4.83 Å². The topological polar surface area (TPSA) is 95.2 Å². The predicted octanol–water partition coefficient (Wildman–Crippen LogP) is 2.19. The van der Waals surface area contributed by atoms with Crippen molar-refractivity contribution >= 4 is 45.1 Å². The molecule has 2 aromatic rings. The molecule has 0 spiro atoms. The summed E-state index contributed by atoms with van der Waals surface area (Å²) >= 11 is 2.79. The maximum atomic E-state index is 12.6. The number of thioether (sulfide) groups is 1. The van der Waals surface area contributed by atoms with Crippen molar-refractivity contribution in [2.24, 2.45) is 5.92 Å². The number of carbonyl (C=O) groups is 2. The van der Waals surface area contributed by atoms with Gasteiger partial charge in [-0.1, -0.05) is 25.6 Å². The Balaban J connectivity index is 1.65. The number of rotatable bonds is 7. The van der Waals surface area contributed by atoms with Gasteiger partial charge in [0.05, 0.1) is 17.7 Å². The molecule has 3 rings (SSSR count). The van der Waals surface area contributed by atoms with Crippen LogP contribution in [0.15, 0.2) is 9.95 Å². The number of fused-ring (bicyclic) bond motifs is 3. The molecule has 0 fully saturated rings. The van der Waals surface area contributed by atoms with Crippen LogP contribution >= 0.6 is 23.1 Å². The third-order valence-electron chi connectivity index (χ3n) is 4.85. The van der Waals surface area contributed by atoms with Crippen LogP contribution in [0.1, 0.15) is 37.1 Å². The largest absolute Gasteiger partial charge is 0.355 e. The Morgan fingerprint density at radius 2 is 2.21 bits per heavy atom. The van der Waals surface area contributed by atoms with Crippen molar-refractivity contribution in [2.75, 3.05) is 25.9 Å². The lowest BCUT2D eigenvalue weighted by Crippen LogP contribution is -2.39. The van der Waals surface area contributed by atoms with E-state index in [0.29, 0.717) is 23.0 Å². The Kier molecular flexibility index (Phi) is 6.77. The summed E-state index contributed by atoms with van der Waals surface area (Å²) in [6, 6.07) is 0. The number of H-pyrrole nitrogens is 1. The van der Waals surface area contributed by atoms with Gasteiger partial charge in [-0.05, 0) is 37.2 Å². The lowest BCUT2D eigenvalue weighted by molar-refractivity contribution is -0.132. The number of hydrogen-bond acceptors (Lipinski definition) is 6. The number of carbonyl (C=O) groups excluding carboxylic acids is 2. The van der Waals surface area contributed by atoms with Crippen LogP contribution < -0.4 is 10.9 Å². The Morgan fingerprint density at radius 3 is 2.96 bits per heavy atom. The van der Waals surface area contributed by atoms with Crippen LogP contribution in [0.25, 0.3) is 10.2 Å². The zero-order chi connectivity index (χ0) is 20.3. The fourth-order valence-electron chi connectivity index (χ4n) is 3.26. The molecule has 2 aromatic heterocycles. The number of aromatic nitrogens is 2. The zero-order valence-corrected chi connectivity index (χ0v) is 18.1. The summed E-state index contributed by atoms with van der Waals surface area (Å²) in [5.41, 5.74) is 1.02. The Bertz CT molecular complexity index is 937. The van der Waals surface area contributed by atoms with Gasteiger partial charge >= 0.3 is 0 Å². The van der Waals surface area contributed by atoms with Crippen LogP contribution in [-0.2, 0) is 22.4 Å². The van der Waals surface area contributed by atoms with Crippen molar-refractivity contribution in [3.8, 4) is 0 Å². The fourth-order valence-corrected chi connectivity index (χ4v) is 5.50. The highest BCUT2D eigenvalue weighted by Crippen LogP contribution is 2.36. The number of thiophene rings is 1. The molecular formula is C19H26N4O3S2. The van der Waals surface area contributed by atoms with E-state index >= 15 is 0 Å². The van der Waals surface area contributed by atoms with Crippen molar-refractivity contribution in [3.63, 3.8) is 0 Å². The molecule has 0 aromatic carbocycles. The standard InChI is InChI=1S/C19H26N4O3S2/c1-4-7-20-14(24)9-23(3)15(25)10-27-19-21-17(26)16-12-6-5-11(2)8-13(12)28-18(16)22-19/h11H,4-10H2,1-3H3,(H,20,24)(H,21,22,26)/t11-/m1/s1. The number of hydrogen-bond donors (Lipinski definition) is 2. The molecule has 1 aliphatic carbocycles. The van der Waals surface area contributed by atoms with E-state index in [9.17, 15) is 14.4 Å². The second-order valence-electron chi connectivity index (χ2n) is 7.29. The molecule has 7 nitrogen and oxygen atoms in total. The normalized spacial score (nSPS) is 16.0. The Hall–Kier alpha value is -1.87. The van der Waals surface area contributed by atoms with Gasteiger partial charge in [-0.25, -0.2) is 4.98 Å². The average Bonchev–Trinajstić information content (AvgIpc) is 3.01. The van der Waals surface area contributed by atoms with Crippen LogP contribution in [-0.4, -0.2) is 52.6 Å². The first-order valence-corrected chi connectivity index (χ1v) is 11.4.